The van der Waals surface area contributed by atoms with Gasteiger partial charge in [-0.3, -0.25) is 4.90 Å². The van der Waals surface area contributed by atoms with Gasteiger partial charge in [0.2, 0.25) is 10.0 Å². The number of amides is 2. The number of aromatic hydroxyl groups is 1. The van der Waals surface area contributed by atoms with Crippen molar-refractivity contribution in [3.8, 4) is 5.75 Å². The maximum absolute atomic E-state index is 12.8. The number of anilines is 2. The van der Waals surface area contributed by atoms with Crippen LogP contribution in [0.2, 0.25) is 5.02 Å². The SMILES string of the molecule is O=C(Nc1ccccc1Br)Nc1ccc(Cl)c(S(=O)(=O)NCCCN2CCOCC2)c1O. The number of halogens is 2. The normalized spacial score (nSPS) is 14.8. The van der Waals surface area contributed by atoms with Crippen molar-refractivity contribution in [2.24, 2.45) is 0 Å². The number of sulfonamides is 1. The van der Waals surface area contributed by atoms with E-state index in [4.69, 9.17) is 16.3 Å². The second-order valence-corrected chi connectivity index (χ2v) is 10.0. The number of hydrogen-bond donors (Lipinski definition) is 4. The van der Waals surface area contributed by atoms with Gasteiger partial charge in [-0.05, 0) is 53.2 Å². The third-order valence-corrected chi connectivity index (χ3v) is 7.42. The first-order valence-electron chi connectivity index (χ1n) is 9.91. The highest BCUT2D eigenvalue weighted by atomic mass is 79.9. The molecule has 12 heteroatoms. The summed E-state index contributed by atoms with van der Waals surface area (Å²) in [4.78, 5) is 14.0. The largest absolute Gasteiger partial charge is 0.504 e. The van der Waals surface area contributed by atoms with Gasteiger partial charge in [0, 0.05) is 24.1 Å². The average Bonchev–Trinajstić information content (AvgIpc) is 2.76. The van der Waals surface area contributed by atoms with E-state index in [9.17, 15) is 18.3 Å². The van der Waals surface area contributed by atoms with Crippen LogP contribution in [0.3, 0.4) is 0 Å². The summed E-state index contributed by atoms with van der Waals surface area (Å²) in [6, 6.07) is 8.95. The molecule has 0 saturated carbocycles. The van der Waals surface area contributed by atoms with Crippen LogP contribution in [-0.4, -0.2) is 63.8 Å². The molecule has 0 aliphatic carbocycles. The number of para-hydroxylation sites is 1. The van der Waals surface area contributed by atoms with Crippen LogP contribution in [0, 0.1) is 0 Å². The zero-order chi connectivity index (χ0) is 23.1. The molecule has 0 spiro atoms. The van der Waals surface area contributed by atoms with Crippen molar-refractivity contribution >= 4 is 55.0 Å². The summed E-state index contributed by atoms with van der Waals surface area (Å²) in [6.45, 7) is 3.87. The molecule has 1 saturated heterocycles. The monoisotopic (exact) mass is 546 g/mol. The summed E-state index contributed by atoms with van der Waals surface area (Å²) >= 11 is 9.39. The number of phenols is 1. The molecule has 2 aromatic carbocycles. The van der Waals surface area contributed by atoms with E-state index in [1.54, 1.807) is 24.3 Å². The Kier molecular flexibility index (Phi) is 8.74. The van der Waals surface area contributed by atoms with Crippen molar-refractivity contribution in [2.75, 3.05) is 50.0 Å². The lowest BCUT2D eigenvalue weighted by atomic mass is 10.3. The van der Waals surface area contributed by atoms with E-state index in [1.165, 1.54) is 12.1 Å². The maximum Gasteiger partial charge on any atom is 0.323 e. The molecule has 3 rings (SSSR count). The number of morpholine rings is 1. The Bertz CT molecular complexity index is 1060. The number of phenolic OH excluding ortho intramolecular Hbond substituents is 1. The first-order valence-corrected chi connectivity index (χ1v) is 12.6. The predicted octanol–water partition coefficient (Wildman–Crippen LogP) is 3.45. The Balaban J connectivity index is 1.65. The molecule has 2 aromatic rings. The fourth-order valence-corrected chi connectivity index (χ4v) is 5.24. The molecule has 9 nitrogen and oxygen atoms in total. The molecule has 174 valence electrons. The molecule has 1 aliphatic rings. The van der Waals surface area contributed by atoms with E-state index in [0.717, 1.165) is 19.6 Å². The quantitative estimate of drug-likeness (QED) is 0.297. The number of urea groups is 1. The Morgan fingerprint density at radius 2 is 1.81 bits per heavy atom. The Morgan fingerprint density at radius 1 is 1.12 bits per heavy atom. The highest BCUT2D eigenvalue weighted by molar-refractivity contribution is 9.10. The standard InChI is InChI=1S/C20H24BrClN4O5S/c21-14-4-1-2-5-16(14)24-20(28)25-17-7-6-15(22)19(18(17)27)32(29,30)23-8-3-9-26-10-12-31-13-11-26/h1-2,4-7,23,27H,3,8-13H2,(H2,24,25,28). The second kappa shape index (κ2) is 11.3. The average molecular weight is 548 g/mol. The lowest BCUT2D eigenvalue weighted by Crippen LogP contribution is -2.38. The van der Waals surface area contributed by atoms with E-state index in [0.29, 0.717) is 29.8 Å². The molecule has 1 aliphatic heterocycles. The van der Waals surface area contributed by atoms with Crippen LogP contribution < -0.4 is 15.4 Å². The van der Waals surface area contributed by atoms with E-state index >= 15 is 0 Å². The van der Waals surface area contributed by atoms with Crippen molar-refractivity contribution in [2.45, 2.75) is 11.3 Å². The van der Waals surface area contributed by atoms with Crippen molar-refractivity contribution < 1.29 is 23.1 Å². The van der Waals surface area contributed by atoms with Crippen LogP contribution >= 0.6 is 27.5 Å². The van der Waals surface area contributed by atoms with Gasteiger partial charge in [-0.1, -0.05) is 23.7 Å². The zero-order valence-electron chi connectivity index (χ0n) is 17.1. The van der Waals surface area contributed by atoms with Crippen molar-refractivity contribution in [1.29, 1.82) is 0 Å². The van der Waals surface area contributed by atoms with Crippen LogP contribution in [0.15, 0.2) is 45.8 Å². The van der Waals surface area contributed by atoms with Gasteiger partial charge in [0.05, 0.1) is 29.6 Å². The van der Waals surface area contributed by atoms with Crippen LogP contribution in [0.5, 0.6) is 5.75 Å². The van der Waals surface area contributed by atoms with Gasteiger partial charge >= 0.3 is 6.03 Å². The van der Waals surface area contributed by atoms with Crippen LogP contribution in [0.4, 0.5) is 16.2 Å². The lowest BCUT2D eigenvalue weighted by molar-refractivity contribution is 0.0376. The zero-order valence-corrected chi connectivity index (χ0v) is 20.3. The molecule has 0 aromatic heterocycles. The molecule has 2 amide bonds. The molecule has 0 radical (unpaired) electrons. The fourth-order valence-electron chi connectivity index (χ4n) is 3.15. The maximum atomic E-state index is 12.8. The third kappa shape index (κ3) is 6.56. The van der Waals surface area contributed by atoms with Crippen molar-refractivity contribution in [3.63, 3.8) is 0 Å². The van der Waals surface area contributed by atoms with Gasteiger partial charge in [-0.15, -0.1) is 0 Å². The summed E-state index contributed by atoms with van der Waals surface area (Å²) in [6.07, 6.45) is 0.587. The minimum absolute atomic E-state index is 0.0901. The van der Waals surface area contributed by atoms with E-state index in [1.807, 2.05) is 0 Å². The van der Waals surface area contributed by atoms with E-state index in [-0.39, 0.29) is 17.3 Å². The molecular formula is C20H24BrClN4O5S. The second-order valence-electron chi connectivity index (χ2n) is 7.04. The number of ether oxygens (including phenoxy) is 1. The summed E-state index contributed by atoms with van der Waals surface area (Å²) in [5, 5.41) is 15.5. The van der Waals surface area contributed by atoms with Gasteiger partial charge in [-0.25, -0.2) is 17.9 Å². The lowest BCUT2D eigenvalue weighted by Gasteiger charge is -2.26. The Hall–Kier alpha value is -1.89. The molecule has 32 heavy (non-hydrogen) atoms. The molecular weight excluding hydrogens is 524 g/mol. The topological polar surface area (TPSA) is 120 Å². The molecule has 1 heterocycles. The number of nitrogens with one attached hydrogen (secondary N) is 3. The van der Waals surface area contributed by atoms with Crippen molar-refractivity contribution in [3.05, 3.63) is 45.9 Å². The molecule has 1 fully saturated rings. The fraction of sp³-hybridized carbons (Fsp3) is 0.350. The third-order valence-electron chi connectivity index (χ3n) is 4.77. The predicted molar refractivity (Wildman–Crippen MR) is 127 cm³/mol. The first kappa shape index (κ1) is 24.7. The molecule has 4 N–H and O–H groups in total. The molecule has 0 atom stereocenters. The van der Waals surface area contributed by atoms with Crippen LogP contribution in [0.1, 0.15) is 6.42 Å². The highest BCUT2D eigenvalue weighted by Gasteiger charge is 2.25. The number of benzene rings is 2. The van der Waals surface area contributed by atoms with E-state index in [2.05, 4.69) is 36.2 Å². The number of carbonyl (C=O) groups excluding carboxylic acids is 1. The number of rotatable bonds is 8. The summed E-state index contributed by atoms with van der Waals surface area (Å²) in [7, 11) is -4.10. The van der Waals surface area contributed by atoms with Gasteiger partial charge < -0.3 is 20.5 Å². The number of carbonyl (C=O) groups is 1. The van der Waals surface area contributed by atoms with Crippen molar-refractivity contribution in [1.82, 2.24) is 9.62 Å². The summed E-state index contributed by atoms with van der Waals surface area (Å²) < 4.78 is 34.0. The van der Waals surface area contributed by atoms with Crippen LogP contribution in [-0.2, 0) is 14.8 Å². The number of hydrogen-bond acceptors (Lipinski definition) is 6. The minimum atomic E-state index is -4.10. The van der Waals surface area contributed by atoms with Gasteiger partial charge in [0.1, 0.15) is 4.90 Å². The smallest absolute Gasteiger partial charge is 0.323 e. The van der Waals surface area contributed by atoms with Gasteiger partial charge in [-0.2, -0.15) is 0 Å². The van der Waals surface area contributed by atoms with Gasteiger partial charge in [0.25, 0.3) is 0 Å². The Labute approximate surface area is 200 Å². The Morgan fingerprint density at radius 3 is 2.53 bits per heavy atom. The highest BCUT2D eigenvalue weighted by Crippen LogP contribution is 2.37. The summed E-state index contributed by atoms with van der Waals surface area (Å²) in [5.41, 5.74) is 0.417. The molecule has 0 unspecified atom stereocenters. The summed E-state index contributed by atoms with van der Waals surface area (Å²) in [5.74, 6) is -0.638. The van der Waals surface area contributed by atoms with Gasteiger partial charge in [0.15, 0.2) is 5.75 Å². The minimum Gasteiger partial charge on any atom is -0.504 e. The molecule has 0 bridgehead atoms. The van der Waals surface area contributed by atoms with E-state index < -0.39 is 26.7 Å². The first-order chi connectivity index (χ1) is 15.3. The number of nitrogens with zero attached hydrogens (tertiary/aromatic N) is 1. The van der Waals surface area contributed by atoms with Crippen LogP contribution in [0.25, 0.3) is 0 Å².